The molecule has 2 heteroatoms. The molecule has 0 saturated carbocycles. The van der Waals surface area contributed by atoms with Gasteiger partial charge in [0, 0.05) is 23.3 Å². The average molecular weight is 188 g/mol. The van der Waals surface area contributed by atoms with E-state index < -0.39 is 0 Å². The lowest BCUT2D eigenvalue weighted by Gasteiger charge is -2.12. The van der Waals surface area contributed by atoms with E-state index in [0.717, 1.165) is 12.1 Å². The van der Waals surface area contributed by atoms with E-state index >= 15 is 0 Å². The smallest absolute Gasteiger partial charge is 0.140 e. The molecule has 2 heterocycles. The molecule has 74 valence electrons. The van der Waals surface area contributed by atoms with Crippen molar-refractivity contribution in [2.75, 3.05) is 0 Å². The summed E-state index contributed by atoms with van der Waals surface area (Å²) >= 11 is 0. The van der Waals surface area contributed by atoms with Crippen molar-refractivity contribution in [3.63, 3.8) is 0 Å². The number of nitrogens with zero attached hydrogens (tertiary/aromatic N) is 2. The largest absolute Gasteiger partial charge is 0.327 e. The highest BCUT2D eigenvalue weighted by atomic mass is 15.1. The van der Waals surface area contributed by atoms with Gasteiger partial charge < -0.3 is 4.57 Å². The van der Waals surface area contributed by atoms with Gasteiger partial charge in [-0.05, 0) is 38.5 Å². The SMILES string of the molecule is CCc1cc2cccnc2n1C(C)C. The fourth-order valence-corrected chi connectivity index (χ4v) is 1.96. The van der Waals surface area contributed by atoms with Crippen LogP contribution in [0.5, 0.6) is 0 Å². The van der Waals surface area contributed by atoms with E-state index in [-0.39, 0.29) is 0 Å². The lowest BCUT2D eigenvalue weighted by Crippen LogP contribution is -2.05. The molecule has 0 aromatic carbocycles. The van der Waals surface area contributed by atoms with Crippen LogP contribution in [0.2, 0.25) is 0 Å². The Morgan fingerprint density at radius 1 is 1.43 bits per heavy atom. The molecule has 0 aliphatic heterocycles. The minimum absolute atomic E-state index is 0.484. The fraction of sp³-hybridized carbons (Fsp3) is 0.417. The van der Waals surface area contributed by atoms with Crippen LogP contribution in [-0.4, -0.2) is 9.55 Å². The molecule has 0 unspecified atom stereocenters. The Labute approximate surface area is 84.6 Å². The van der Waals surface area contributed by atoms with E-state index in [0.29, 0.717) is 6.04 Å². The third-order valence-electron chi connectivity index (χ3n) is 2.56. The topological polar surface area (TPSA) is 17.8 Å². The van der Waals surface area contributed by atoms with Gasteiger partial charge in [-0.2, -0.15) is 0 Å². The van der Waals surface area contributed by atoms with E-state index in [1.54, 1.807) is 0 Å². The number of rotatable bonds is 2. The van der Waals surface area contributed by atoms with Crippen LogP contribution in [0.25, 0.3) is 11.0 Å². The summed E-state index contributed by atoms with van der Waals surface area (Å²) in [6.07, 6.45) is 2.93. The maximum Gasteiger partial charge on any atom is 0.140 e. The number of pyridine rings is 1. The highest BCUT2D eigenvalue weighted by molar-refractivity contribution is 5.77. The summed E-state index contributed by atoms with van der Waals surface area (Å²) in [6, 6.07) is 6.84. The molecule has 0 aliphatic carbocycles. The van der Waals surface area contributed by atoms with Gasteiger partial charge in [0.2, 0.25) is 0 Å². The molecule has 0 atom stereocenters. The maximum atomic E-state index is 4.43. The third-order valence-corrected chi connectivity index (χ3v) is 2.56. The van der Waals surface area contributed by atoms with Crippen LogP contribution < -0.4 is 0 Å². The number of fused-ring (bicyclic) bond motifs is 1. The van der Waals surface area contributed by atoms with Crippen LogP contribution in [-0.2, 0) is 6.42 Å². The zero-order valence-electron chi connectivity index (χ0n) is 8.99. The molecular formula is C12H16N2. The predicted molar refractivity (Wildman–Crippen MR) is 59.5 cm³/mol. The van der Waals surface area contributed by atoms with Gasteiger partial charge in [-0.25, -0.2) is 4.98 Å². The highest BCUT2D eigenvalue weighted by Crippen LogP contribution is 2.22. The van der Waals surface area contributed by atoms with E-state index in [9.17, 15) is 0 Å². The fourth-order valence-electron chi connectivity index (χ4n) is 1.96. The summed E-state index contributed by atoms with van der Waals surface area (Å²) < 4.78 is 2.31. The first kappa shape index (κ1) is 9.25. The van der Waals surface area contributed by atoms with Gasteiger partial charge in [0.15, 0.2) is 0 Å². The number of aromatic nitrogens is 2. The van der Waals surface area contributed by atoms with Crippen molar-refractivity contribution in [1.82, 2.24) is 9.55 Å². The summed E-state index contributed by atoms with van der Waals surface area (Å²) in [7, 11) is 0. The van der Waals surface area contributed by atoms with Gasteiger partial charge in [0.1, 0.15) is 5.65 Å². The minimum Gasteiger partial charge on any atom is -0.327 e. The first-order valence-electron chi connectivity index (χ1n) is 5.19. The molecular weight excluding hydrogens is 172 g/mol. The predicted octanol–water partition coefficient (Wildman–Crippen LogP) is 3.18. The number of aryl methyl sites for hydroxylation is 1. The van der Waals surface area contributed by atoms with Crippen molar-refractivity contribution in [2.24, 2.45) is 0 Å². The molecule has 0 aliphatic rings. The van der Waals surface area contributed by atoms with Gasteiger partial charge in [0.25, 0.3) is 0 Å². The second-order valence-electron chi connectivity index (χ2n) is 3.87. The minimum atomic E-state index is 0.484. The van der Waals surface area contributed by atoms with Gasteiger partial charge in [-0.15, -0.1) is 0 Å². The normalized spacial score (nSPS) is 11.4. The second-order valence-corrected chi connectivity index (χ2v) is 3.87. The Balaban J connectivity index is 2.74. The summed E-state index contributed by atoms with van der Waals surface area (Å²) in [5.41, 5.74) is 2.48. The molecule has 0 bridgehead atoms. The van der Waals surface area contributed by atoms with Crippen molar-refractivity contribution >= 4 is 11.0 Å². The average Bonchev–Trinajstić information content (AvgIpc) is 2.55. The first-order chi connectivity index (χ1) is 6.74. The second kappa shape index (κ2) is 3.45. The molecule has 2 aromatic rings. The summed E-state index contributed by atoms with van der Waals surface area (Å²) in [4.78, 5) is 4.43. The van der Waals surface area contributed by atoms with E-state index in [4.69, 9.17) is 0 Å². The van der Waals surface area contributed by atoms with Gasteiger partial charge >= 0.3 is 0 Å². The van der Waals surface area contributed by atoms with E-state index in [2.05, 4.69) is 42.5 Å². The molecule has 0 N–H and O–H groups in total. The van der Waals surface area contributed by atoms with Gasteiger partial charge in [-0.3, -0.25) is 0 Å². The van der Waals surface area contributed by atoms with Crippen LogP contribution in [0.4, 0.5) is 0 Å². The monoisotopic (exact) mass is 188 g/mol. The van der Waals surface area contributed by atoms with Crippen molar-refractivity contribution in [3.05, 3.63) is 30.1 Å². The molecule has 0 amide bonds. The number of hydrogen-bond acceptors (Lipinski definition) is 1. The summed E-state index contributed by atoms with van der Waals surface area (Å²) in [5, 5.41) is 1.25. The standard InChI is InChI=1S/C12H16N2/c1-4-11-8-10-6-5-7-13-12(10)14(11)9(2)3/h5-9H,4H2,1-3H3. The molecule has 0 radical (unpaired) electrons. The molecule has 2 aromatic heterocycles. The van der Waals surface area contributed by atoms with Crippen LogP contribution in [0.1, 0.15) is 32.5 Å². The molecule has 0 fully saturated rings. The summed E-state index contributed by atoms with van der Waals surface area (Å²) in [6.45, 7) is 6.59. The zero-order valence-corrected chi connectivity index (χ0v) is 8.99. The van der Waals surface area contributed by atoms with Crippen LogP contribution >= 0.6 is 0 Å². The molecule has 2 nitrogen and oxygen atoms in total. The number of hydrogen-bond donors (Lipinski definition) is 0. The highest BCUT2D eigenvalue weighted by Gasteiger charge is 2.09. The summed E-state index contributed by atoms with van der Waals surface area (Å²) in [5.74, 6) is 0. The zero-order chi connectivity index (χ0) is 10.1. The van der Waals surface area contributed by atoms with Crippen molar-refractivity contribution in [1.29, 1.82) is 0 Å². The maximum absolute atomic E-state index is 4.43. The van der Waals surface area contributed by atoms with Crippen LogP contribution in [0.15, 0.2) is 24.4 Å². The Kier molecular flexibility index (Phi) is 2.28. The quantitative estimate of drug-likeness (QED) is 0.707. The third kappa shape index (κ3) is 1.31. The lowest BCUT2D eigenvalue weighted by atomic mass is 10.3. The Morgan fingerprint density at radius 2 is 2.21 bits per heavy atom. The van der Waals surface area contributed by atoms with E-state index in [1.165, 1.54) is 11.1 Å². The van der Waals surface area contributed by atoms with Crippen molar-refractivity contribution in [2.45, 2.75) is 33.2 Å². The van der Waals surface area contributed by atoms with Crippen molar-refractivity contribution < 1.29 is 0 Å². The molecule has 14 heavy (non-hydrogen) atoms. The molecule has 2 rings (SSSR count). The van der Waals surface area contributed by atoms with Crippen LogP contribution in [0, 0.1) is 0 Å². The molecule has 0 saturated heterocycles. The first-order valence-corrected chi connectivity index (χ1v) is 5.19. The Bertz CT molecular complexity index is 441. The Morgan fingerprint density at radius 3 is 2.86 bits per heavy atom. The van der Waals surface area contributed by atoms with Crippen molar-refractivity contribution in [3.8, 4) is 0 Å². The van der Waals surface area contributed by atoms with Gasteiger partial charge in [0.05, 0.1) is 0 Å². The van der Waals surface area contributed by atoms with Crippen LogP contribution in [0.3, 0.4) is 0 Å². The Hall–Kier alpha value is -1.31. The van der Waals surface area contributed by atoms with E-state index in [1.807, 2.05) is 12.3 Å². The van der Waals surface area contributed by atoms with Gasteiger partial charge in [-0.1, -0.05) is 6.92 Å². The lowest BCUT2D eigenvalue weighted by molar-refractivity contribution is 0.593. The molecule has 0 spiro atoms.